The number of amides is 1. The van der Waals surface area contributed by atoms with E-state index in [0.29, 0.717) is 6.42 Å². The van der Waals surface area contributed by atoms with E-state index in [9.17, 15) is 14.7 Å². The van der Waals surface area contributed by atoms with E-state index in [4.69, 9.17) is 0 Å². The van der Waals surface area contributed by atoms with Crippen LogP contribution >= 0.6 is 0 Å². The second-order valence-electron chi connectivity index (χ2n) is 8.10. The average molecular weight is 476 g/mol. The molecule has 0 saturated carbocycles. The molecule has 0 aliphatic rings. The molecule has 0 spiro atoms. The predicted octanol–water partition coefficient (Wildman–Crippen LogP) is 7.28. The van der Waals surface area contributed by atoms with E-state index in [-0.39, 0.29) is 18.7 Å². The van der Waals surface area contributed by atoms with Gasteiger partial charge in [-0.15, -0.1) is 0 Å². The summed E-state index contributed by atoms with van der Waals surface area (Å²) in [5.41, 5.74) is 0.886. The van der Waals surface area contributed by atoms with E-state index in [0.717, 1.165) is 44.1 Å². The molecule has 1 amide bonds. The second-order valence-corrected chi connectivity index (χ2v) is 8.10. The minimum atomic E-state index is -1.02. The Bertz CT molecular complexity index is 876. The second kappa shape index (κ2) is 21.2. The molecule has 4 nitrogen and oxygen atoms in total. The Morgan fingerprint density at radius 1 is 0.743 bits per heavy atom. The van der Waals surface area contributed by atoms with Gasteiger partial charge in [-0.2, -0.15) is 0 Å². The third-order valence-electron chi connectivity index (χ3n) is 5.05. The smallest absolute Gasteiger partial charge is 0.326 e. The highest BCUT2D eigenvalue weighted by Gasteiger charge is 2.19. The number of benzene rings is 1. The molecule has 4 heteroatoms. The first-order valence-corrected chi connectivity index (χ1v) is 12.6. The number of carbonyl (C=O) groups is 2. The zero-order valence-electron chi connectivity index (χ0n) is 21.0. The fourth-order valence-electron chi connectivity index (χ4n) is 3.17. The molecule has 188 valence electrons. The number of nitrogens with one attached hydrogen (secondary N) is 1. The van der Waals surface area contributed by atoms with Crippen molar-refractivity contribution in [1.29, 1.82) is 0 Å². The number of hydrogen-bond donors (Lipinski definition) is 2. The van der Waals surface area contributed by atoms with Crippen LogP contribution in [-0.4, -0.2) is 23.0 Å². The van der Waals surface area contributed by atoms with Crippen LogP contribution in [0.4, 0.5) is 0 Å². The molecule has 1 aromatic carbocycles. The minimum absolute atomic E-state index is 0.243. The Balaban J connectivity index is 2.10. The highest BCUT2D eigenvalue weighted by Crippen LogP contribution is 2.05. The van der Waals surface area contributed by atoms with Gasteiger partial charge in [0.25, 0.3) is 0 Å². The Morgan fingerprint density at radius 3 is 1.66 bits per heavy atom. The summed E-state index contributed by atoms with van der Waals surface area (Å²) in [7, 11) is 0. The van der Waals surface area contributed by atoms with E-state index < -0.39 is 12.0 Å². The van der Waals surface area contributed by atoms with Crippen LogP contribution in [0, 0.1) is 0 Å². The number of carbonyl (C=O) groups excluding carboxylic acids is 1. The number of carboxylic acids is 1. The molecule has 1 atom stereocenters. The standard InChI is InChI=1S/C31H41NO3/c1-2-3-4-5-6-7-8-9-10-11-12-13-14-15-16-17-18-19-23-26-30(33)32-29(31(34)35)27-28-24-21-20-22-25-28/h3-4,6-7,9-10,12-13,15-16,18-22,24-25,29H,2,5,8,11,14,17,23,26-27H2,1H3,(H,32,33)(H,34,35)/b4-3-,7-6-,10-9-,13-12-,16-15-,19-18-. The lowest BCUT2D eigenvalue weighted by Crippen LogP contribution is -2.42. The lowest BCUT2D eigenvalue weighted by Gasteiger charge is -2.14. The zero-order chi connectivity index (χ0) is 25.4. The molecule has 0 saturated heterocycles. The summed E-state index contributed by atoms with van der Waals surface area (Å²) in [6.45, 7) is 2.14. The summed E-state index contributed by atoms with van der Waals surface area (Å²) < 4.78 is 0. The molecule has 0 radical (unpaired) electrons. The molecule has 1 aromatic rings. The normalized spacial score (nSPS) is 13.3. The molecule has 1 unspecified atom stereocenters. The van der Waals surface area contributed by atoms with Crippen molar-refractivity contribution in [2.75, 3.05) is 0 Å². The highest BCUT2D eigenvalue weighted by atomic mass is 16.4. The van der Waals surface area contributed by atoms with Crippen LogP contribution in [0.25, 0.3) is 0 Å². The van der Waals surface area contributed by atoms with Crippen molar-refractivity contribution in [3.8, 4) is 0 Å². The third-order valence-corrected chi connectivity index (χ3v) is 5.05. The average Bonchev–Trinajstić information content (AvgIpc) is 2.85. The molecule has 0 fully saturated rings. The fourth-order valence-corrected chi connectivity index (χ4v) is 3.17. The summed E-state index contributed by atoms with van der Waals surface area (Å²) in [4.78, 5) is 23.5. The van der Waals surface area contributed by atoms with E-state index in [1.807, 2.05) is 42.5 Å². The molecular formula is C31H41NO3. The zero-order valence-corrected chi connectivity index (χ0v) is 21.0. The summed E-state index contributed by atoms with van der Waals surface area (Å²) in [6, 6.07) is 8.41. The van der Waals surface area contributed by atoms with Crippen molar-refractivity contribution in [2.45, 2.75) is 70.8 Å². The summed E-state index contributed by atoms with van der Waals surface area (Å²) in [5.74, 6) is -1.26. The number of rotatable bonds is 18. The van der Waals surface area contributed by atoms with Crippen molar-refractivity contribution < 1.29 is 14.7 Å². The summed E-state index contributed by atoms with van der Waals surface area (Å²) in [6.07, 6.45) is 32.6. The van der Waals surface area contributed by atoms with Gasteiger partial charge in [0, 0.05) is 12.8 Å². The molecule has 1 rings (SSSR count). The van der Waals surface area contributed by atoms with Gasteiger partial charge in [0.15, 0.2) is 0 Å². The van der Waals surface area contributed by atoms with Gasteiger partial charge in [-0.1, -0.05) is 110 Å². The molecule has 35 heavy (non-hydrogen) atoms. The van der Waals surface area contributed by atoms with Crippen LogP contribution < -0.4 is 5.32 Å². The molecule has 2 N–H and O–H groups in total. The summed E-state index contributed by atoms with van der Waals surface area (Å²) >= 11 is 0. The van der Waals surface area contributed by atoms with E-state index in [1.165, 1.54) is 0 Å². The number of hydrogen-bond acceptors (Lipinski definition) is 2. The number of allylic oxidation sites excluding steroid dienone is 12. The highest BCUT2D eigenvalue weighted by molar-refractivity contribution is 5.83. The maximum atomic E-state index is 12.1. The molecular weight excluding hydrogens is 434 g/mol. The van der Waals surface area contributed by atoms with Crippen molar-refractivity contribution in [3.05, 3.63) is 109 Å². The van der Waals surface area contributed by atoms with Gasteiger partial charge in [-0.25, -0.2) is 4.79 Å². The first-order chi connectivity index (χ1) is 17.1. The maximum absolute atomic E-state index is 12.1. The van der Waals surface area contributed by atoms with Gasteiger partial charge < -0.3 is 10.4 Å². The molecule has 0 bridgehead atoms. The number of aliphatic carboxylic acids is 1. The third kappa shape index (κ3) is 17.7. The van der Waals surface area contributed by atoms with E-state index in [2.05, 4.69) is 73.0 Å². The topological polar surface area (TPSA) is 66.4 Å². The molecule has 0 aliphatic heterocycles. The fraction of sp³-hybridized carbons (Fsp3) is 0.355. The lowest BCUT2D eigenvalue weighted by molar-refractivity contribution is -0.141. The van der Waals surface area contributed by atoms with Crippen molar-refractivity contribution >= 4 is 11.9 Å². The SMILES string of the molecule is CC/C=C\C/C=C\C/C=C\C/C=C\C/C=C\C/C=C\CCC(=O)NC(Cc1ccccc1)C(=O)O. The van der Waals surface area contributed by atoms with Gasteiger partial charge in [0.1, 0.15) is 6.04 Å². The van der Waals surface area contributed by atoms with Crippen LogP contribution in [0.1, 0.15) is 63.9 Å². The van der Waals surface area contributed by atoms with Crippen LogP contribution in [-0.2, 0) is 16.0 Å². The van der Waals surface area contributed by atoms with Gasteiger partial charge in [-0.05, 0) is 50.5 Å². The van der Waals surface area contributed by atoms with Crippen LogP contribution in [0.2, 0.25) is 0 Å². The van der Waals surface area contributed by atoms with Gasteiger partial charge in [-0.3, -0.25) is 4.79 Å². The minimum Gasteiger partial charge on any atom is -0.480 e. The van der Waals surface area contributed by atoms with Crippen LogP contribution in [0.3, 0.4) is 0 Å². The van der Waals surface area contributed by atoms with Crippen molar-refractivity contribution in [1.82, 2.24) is 5.32 Å². The first kappa shape index (κ1) is 29.6. The molecule has 0 aliphatic carbocycles. The Morgan fingerprint density at radius 2 is 1.20 bits per heavy atom. The molecule has 0 aromatic heterocycles. The van der Waals surface area contributed by atoms with Crippen molar-refractivity contribution in [2.24, 2.45) is 0 Å². The Kier molecular flexibility index (Phi) is 17.9. The Hall–Kier alpha value is -3.40. The van der Waals surface area contributed by atoms with Gasteiger partial charge in [0.2, 0.25) is 5.91 Å². The van der Waals surface area contributed by atoms with Crippen molar-refractivity contribution in [3.63, 3.8) is 0 Å². The maximum Gasteiger partial charge on any atom is 0.326 e. The number of carboxylic acid groups (broad SMARTS) is 1. The molecule has 0 heterocycles. The van der Waals surface area contributed by atoms with Gasteiger partial charge in [0.05, 0.1) is 0 Å². The van der Waals surface area contributed by atoms with Crippen LogP contribution in [0.15, 0.2) is 103 Å². The van der Waals surface area contributed by atoms with Crippen LogP contribution in [0.5, 0.6) is 0 Å². The monoisotopic (exact) mass is 475 g/mol. The van der Waals surface area contributed by atoms with E-state index >= 15 is 0 Å². The van der Waals surface area contributed by atoms with Gasteiger partial charge >= 0.3 is 5.97 Å². The largest absolute Gasteiger partial charge is 0.480 e. The predicted molar refractivity (Wildman–Crippen MR) is 147 cm³/mol. The summed E-state index contributed by atoms with van der Waals surface area (Å²) in [5, 5.41) is 12.0. The van der Waals surface area contributed by atoms with E-state index in [1.54, 1.807) is 0 Å². The quantitative estimate of drug-likeness (QED) is 0.219. The lowest BCUT2D eigenvalue weighted by atomic mass is 10.1. The Labute approximate surface area is 211 Å². The first-order valence-electron chi connectivity index (χ1n) is 12.6.